The van der Waals surface area contributed by atoms with E-state index in [0.717, 1.165) is 6.42 Å². The zero-order valence-corrected chi connectivity index (χ0v) is 13.3. The Balaban J connectivity index is 0.00000264. The summed E-state index contributed by atoms with van der Waals surface area (Å²) in [7, 11) is 0. The number of nitrogens with one attached hydrogen (secondary N) is 1. The first-order valence-corrected chi connectivity index (χ1v) is 6.71. The van der Waals surface area contributed by atoms with Crippen LogP contribution in [-0.2, 0) is 11.0 Å². The fourth-order valence-corrected chi connectivity index (χ4v) is 2.03. The lowest BCUT2D eigenvalue weighted by molar-refractivity contribution is -0.156. The van der Waals surface area contributed by atoms with E-state index >= 15 is 0 Å². The first kappa shape index (κ1) is 19.2. The number of benzene rings is 1. The van der Waals surface area contributed by atoms with Crippen LogP contribution in [0.4, 0.5) is 18.9 Å². The number of alkyl halides is 3. The predicted molar refractivity (Wildman–Crippen MR) is 82.4 cm³/mol. The van der Waals surface area contributed by atoms with Gasteiger partial charge in [-0.2, -0.15) is 13.2 Å². The molecule has 3 N–H and O–H groups in total. The fraction of sp³-hybridized carbons (Fsp3) is 0.429. The summed E-state index contributed by atoms with van der Waals surface area (Å²) in [5, 5.41) is 2.58. The van der Waals surface area contributed by atoms with E-state index in [2.05, 4.69) is 14.7 Å². The van der Waals surface area contributed by atoms with Gasteiger partial charge in [-0.1, -0.05) is 13.3 Å². The summed E-state index contributed by atoms with van der Waals surface area (Å²) in [6.07, 6.45) is -3.43. The highest BCUT2D eigenvalue weighted by Gasteiger charge is 2.37. The van der Waals surface area contributed by atoms with Crippen molar-refractivity contribution in [1.82, 2.24) is 4.98 Å². The Hall–Kier alpha value is -1.80. The summed E-state index contributed by atoms with van der Waals surface area (Å²) < 4.78 is 42.2. The normalized spacial score (nSPS) is 14.2. The van der Waals surface area contributed by atoms with Gasteiger partial charge in [0.2, 0.25) is 5.91 Å². The minimum Gasteiger partial charge on any atom is -0.433 e. The fourth-order valence-electron chi connectivity index (χ4n) is 2.03. The number of anilines is 1. The van der Waals surface area contributed by atoms with Crippen molar-refractivity contribution in [3.05, 3.63) is 24.1 Å². The van der Waals surface area contributed by atoms with E-state index in [1.807, 2.05) is 6.92 Å². The van der Waals surface area contributed by atoms with Gasteiger partial charge in [-0.05, 0) is 31.5 Å². The molecule has 1 amide bonds. The Kier molecular flexibility index (Phi) is 5.65. The molecule has 0 fully saturated rings. The molecule has 0 saturated heterocycles. The molecular formula is C14H17ClF3N3O2. The number of fused-ring (bicyclic) bond motifs is 1. The standard InChI is InChI=1S/C14H16F3N3O2.ClH/c1-3-6-13(2,18)11(21)19-8-4-5-10-9(7-8)20-12(22-10)14(15,16)17;/h4-5,7H,3,6,18H2,1-2H3,(H,19,21);1H. The molecule has 1 atom stereocenters. The molecule has 128 valence electrons. The maximum absolute atomic E-state index is 12.5. The number of hydrogen-bond acceptors (Lipinski definition) is 4. The minimum atomic E-state index is -4.65. The summed E-state index contributed by atoms with van der Waals surface area (Å²) in [6.45, 7) is 3.50. The van der Waals surface area contributed by atoms with Gasteiger partial charge in [-0.25, -0.2) is 4.98 Å². The van der Waals surface area contributed by atoms with E-state index < -0.39 is 23.5 Å². The van der Waals surface area contributed by atoms with Gasteiger partial charge in [0.1, 0.15) is 5.52 Å². The molecule has 5 nitrogen and oxygen atoms in total. The SMILES string of the molecule is CCCC(C)(N)C(=O)Nc1ccc2oc(C(F)(F)F)nc2c1.Cl. The Morgan fingerprint density at radius 2 is 2.04 bits per heavy atom. The zero-order chi connectivity index (χ0) is 16.5. The van der Waals surface area contributed by atoms with Crippen LogP contribution in [0, 0.1) is 0 Å². The molecule has 2 rings (SSSR count). The number of hydrogen-bond donors (Lipinski definition) is 2. The average Bonchev–Trinajstić information content (AvgIpc) is 2.81. The van der Waals surface area contributed by atoms with Crippen LogP contribution in [-0.4, -0.2) is 16.4 Å². The number of aromatic nitrogens is 1. The molecule has 1 unspecified atom stereocenters. The first-order valence-electron chi connectivity index (χ1n) is 6.71. The number of carbonyl (C=O) groups is 1. The molecule has 1 heterocycles. The minimum absolute atomic E-state index is 0. The Labute approximate surface area is 136 Å². The van der Waals surface area contributed by atoms with Gasteiger partial charge >= 0.3 is 12.1 Å². The third-order valence-electron chi connectivity index (χ3n) is 3.18. The molecule has 0 radical (unpaired) electrons. The van der Waals surface area contributed by atoms with Crippen LogP contribution in [0.5, 0.6) is 0 Å². The first-order chi connectivity index (χ1) is 10.1. The number of halogens is 4. The Bertz CT molecular complexity index is 698. The van der Waals surface area contributed by atoms with Crippen molar-refractivity contribution >= 4 is 35.1 Å². The Morgan fingerprint density at radius 1 is 1.39 bits per heavy atom. The zero-order valence-electron chi connectivity index (χ0n) is 12.5. The van der Waals surface area contributed by atoms with E-state index in [4.69, 9.17) is 5.73 Å². The predicted octanol–water partition coefficient (Wildman–Crippen LogP) is 3.72. The van der Waals surface area contributed by atoms with Crippen LogP contribution in [0.1, 0.15) is 32.6 Å². The summed E-state index contributed by atoms with van der Waals surface area (Å²) in [5.74, 6) is -1.73. The van der Waals surface area contributed by atoms with Crippen molar-refractivity contribution in [3.63, 3.8) is 0 Å². The van der Waals surface area contributed by atoms with Crippen LogP contribution in [0.25, 0.3) is 11.1 Å². The summed E-state index contributed by atoms with van der Waals surface area (Å²) in [5.41, 5.74) is 5.17. The number of nitrogens with zero attached hydrogens (tertiary/aromatic N) is 1. The van der Waals surface area contributed by atoms with E-state index in [1.165, 1.54) is 18.2 Å². The summed E-state index contributed by atoms with van der Waals surface area (Å²) >= 11 is 0. The largest absolute Gasteiger partial charge is 0.468 e. The van der Waals surface area contributed by atoms with Crippen LogP contribution < -0.4 is 11.1 Å². The highest BCUT2D eigenvalue weighted by Crippen LogP contribution is 2.31. The van der Waals surface area contributed by atoms with Crippen molar-refractivity contribution in [2.75, 3.05) is 5.32 Å². The quantitative estimate of drug-likeness (QED) is 0.879. The van der Waals surface area contributed by atoms with Crippen molar-refractivity contribution in [2.45, 2.75) is 38.4 Å². The highest BCUT2D eigenvalue weighted by molar-refractivity contribution is 5.98. The van der Waals surface area contributed by atoms with Gasteiger partial charge in [0.25, 0.3) is 0 Å². The molecule has 23 heavy (non-hydrogen) atoms. The van der Waals surface area contributed by atoms with Gasteiger partial charge in [0, 0.05) is 5.69 Å². The molecule has 0 aliphatic rings. The third-order valence-corrected chi connectivity index (χ3v) is 3.18. The molecule has 1 aromatic carbocycles. The topological polar surface area (TPSA) is 81.2 Å². The van der Waals surface area contributed by atoms with E-state index in [9.17, 15) is 18.0 Å². The lowest BCUT2D eigenvalue weighted by atomic mass is 9.96. The number of rotatable bonds is 4. The van der Waals surface area contributed by atoms with E-state index in [0.29, 0.717) is 12.1 Å². The van der Waals surface area contributed by atoms with Gasteiger partial charge in [0.05, 0.1) is 5.54 Å². The van der Waals surface area contributed by atoms with Crippen LogP contribution in [0.3, 0.4) is 0 Å². The Morgan fingerprint density at radius 3 is 2.61 bits per heavy atom. The second kappa shape index (κ2) is 6.76. The summed E-state index contributed by atoms with van der Waals surface area (Å²) in [4.78, 5) is 15.4. The van der Waals surface area contributed by atoms with Crippen LogP contribution in [0.15, 0.2) is 22.6 Å². The maximum atomic E-state index is 12.5. The van der Waals surface area contributed by atoms with Crippen molar-refractivity contribution in [3.8, 4) is 0 Å². The van der Waals surface area contributed by atoms with Crippen LogP contribution in [0.2, 0.25) is 0 Å². The molecule has 0 aliphatic heterocycles. The van der Waals surface area contributed by atoms with Crippen molar-refractivity contribution in [2.24, 2.45) is 5.73 Å². The molecule has 9 heteroatoms. The van der Waals surface area contributed by atoms with E-state index in [1.54, 1.807) is 6.92 Å². The lowest BCUT2D eigenvalue weighted by Crippen LogP contribution is -2.48. The van der Waals surface area contributed by atoms with Crippen molar-refractivity contribution in [1.29, 1.82) is 0 Å². The average molecular weight is 352 g/mol. The van der Waals surface area contributed by atoms with Crippen LogP contribution >= 0.6 is 12.4 Å². The van der Waals surface area contributed by atoms with Gasteiger partial charge in [-0.15, -0.1) is 12.4 Å². The van der Waals surface area contributed by atoms with E-state index in [-0.39, 0.29) is 23.5 Å². The lowest BCUT2D eigenvalue weighted by Gasteiger charge is -2.22. The summed E-state index contributed by atoms with van der Waals surface area (Å²) in [6, 6.07) is 4.07. The third kappa shape index (κ3) is 4.35. The molecular weight excluding hydrogens is 335 g/mol. The van der Waals surface area contributed by atoms with Gasteiger partial charge < -0.3 is 15.5 Å². The van der Waals surface area contributed by atoms with Crippen molar-refractivity contribution < 1.29 is 22.4 Å². The van der Waals surface area contributed by atoms with Gasteiger partial charge in [-0.3, -0.25) is 4.79 Å². The number of carbonyl (C=O) groups excluding carboxylic acids is 1. The highest BCUT2D eigenvalue weighted by atomic mass is 35.5. The molecule has 0 spiro atoms. The monoisotopic (exact) mass is 351 g/mol. The molecule has 1 aromatic heterocycles. The number of amides is 1. The second-order valence-electron chi connectivity index (χ2n) is 5.32. The number of nitrogens with two attached hydrogens (primary N) is 1. The smallest absolute Gasteiger partial charge is 0.433 e. The molecule has 0 saturated carbocycles. The van der Waals surface area contributed by atoms with Gasteiger partial charge in [0.15, 0.2) is 5.58 Å². The maximum Gasteiger partial charge on any atom is 0.468 e. The molecule has 0 aliphatic carbocycles. The number of oxazole rings is 1. The second-order valence-corrected chi connectivity index (χ2v) is 5.32. The molecule has 2 aromatic rings. The molecule has 0 bridgehead atoms.